The van der Waals surface area contributed by atoms with Crippen LogP contribution in [0.25, 0.3) is 11.0 Å². The first-order chi connectivity index (χ1) is 15.0. The van der Waals surface area contributed by atoms with Crippen molar-refractivity contribution in [2.45, 2.75) is 26.8 Å². The molecule has 7 nitrogen and oxygen atoms in total. The molecule has 0 bridgehead atoms. The number of carbonyl (C=O) groups excluding carboxylic acids is 1. The molecule has 1 atom stereocenters. The van der Waals surface area contributed by atoms with Crippen LogP contribution in [0.5, 0.6) is 17.2 Å². The second-order valence-corrected chi connectivity index (χ2v) is 7.52. The molecule has 1 unspecified atom stereocenters. The monoisotopic (exact) mass is 486 g/mol. The van der Waals surface area contributed by atoms with E-state index in [-0.39, 0.29) is 18.6 Å². The molecule has 31 heavy (non-hydrogen) atoms. The molecule has 1 N–H and O–H groups in total. The minimum atomic E-state index is -0.367. The fourth-order valence-corrected chi connectivity index (χ4v) is 3.62. The third-order valence-corrected chi connectivity index (χ3v) is 5.01. The van der Waals surface area contributed by atoms with E-state index >= 15 is 0 Å². The Balaban J connectivity index is 1.68. The average molecular weight is 487 g/mol. The zero-order chi connectivity index (χ0) is 22.4. The van der Waals surface area contributed by atoms with Crippen molar-refractivity contribution in [2.75, 3.05) is 19.8 Å². The van der Waals surface area contributed by atoms with Gasteiger partial charge in [0.25, 0.3) is 5.91 Å². The molecule has 1 aromatic heterocycles. The maximum absolute atomic E-state index is 12.5. The Morgan fingerprint density at radius 2 is 1.90 bits per heavy atom. The van der Waals surface area contributed by atoms with Gasteiger partial charge in [-0.1, -0.05) is 12.1 Å². The van der Waals surface area contributed by atoms with Crippen molar-refractivity contribution in [1.82, 2.24) is 5.32 Å². The SMILES string of the molecule is CCOc1cc(C#N)cc(Br)c1OCC(=O)NC(C)c1cc2cccc(OCC)c2o1. The number of nitrogens with zero attached hydrogens (tertiary/aromatic N) is 1. The summed E-state index contributed by atoms with van der Waals surface area (Å²) < 4.78 is 23.3. The average Bonchev–Trinajstić information content (AvgIpc) is 3.19. The largest absolute Gasteiger partial charge is 0.490 e. The Morgan fingerprint density at radius 1 is 1.16 bits per heavy atom. The van der Waals surface area contributed by atoms with Crippen molar-refractivity contribution in [2.24, 2.45) is 0 Å². The van der Waals surface area contributed by atoms with Crippen LogP contribution in [0.15, 0.2) is 45.3 Å². The summed E-state index contributed by atoms with van der Waals surface area (Å²) >= 11 is 3.37. The number of rotatable bonds is 9. The molecule has 0 radical (unpaired) electrons. The zero-order valence-corrected chi connectivity index (χ0v) is 19.1. The van der Waals surface area contributed by atoms with Gasteiger partial charge in [0.05, 0.1) is 35.4 Å². The molecule has 0 saturated carbocycles. The van der Waals surface area contributed by atoms with E-state index < -0.39 is 0 Å². The van der Waals surface area contributed by atoms with Gasteiger partial charge in [-0.2, -0.15) is 5.26 Å². The molecule has 0 aliphatic heterocycles. The number of hydrogen-bond acceptors (Lipinski definition) is 6. The summed E-state index contributed by atoms with van der Waals surface area (Å²) in [6, 6.07) is 12.4. The minimum absolute atomic E-state index is 0.223. The van der Waals surface area contributed by atoms with Gasteiger partial charge in [-0.25, -0.2) is 0 Å². The van der Waals surface area contributed by atoms with Crippen LogP contribution in [0.2, 0.25) is 0 Å². The number of halogens is 1. The normalized spacial score (nSPS) is 11.6. The van der Waals surface area contributed by atoms with Crippen LogP contribution in [0, 0.1) is 11.3 Å². The lowest BCUT2D eigenvalue weighted by atomic mass is 10.2. The van der Waals surface area contributed by atoms with Gasteiger partial charge in [0, 0.05) is 11.5 Å². The molecule has 1 amide bonds. The zero-order valence-electron chi connectivity index (χ0n) is 17.5. The first-order valence-electron chi connectivity index (χ1n) is 9.90. The highest BCUT2D eigenvalue weighted by Gasteiger charge is 2.18. The molecule has 1 heterocycles. The van der Waals surface area contributed by atoms with E-state index in [4.69, 9.17) is 23.9 Å². The number of amides is 1. The Kier molecular flexibility index (Phi) is 7.42. The third-order valence-electron chi connectivity index (χ3n) is 4.42. The van der Waals surface area contributed by atoms with Crippen LogP contribution in [-0.2, 0) is 4.79 Å². The predicted octanol–water partition coefficient (Wildman–Crippen LogP) is 5.12. The quantitative estimate of drug-likeness (QED) is 0.450. The van der Waals surface area contributed by atoms with Crippen LogP contribution in [0.1, 0.15) is 38.1 Å². The first-order valence-corrected chi connectivity index (χ1v) is 10.7. The molecule has 0 fully saturated rings. The molecule has 0 saturated heterocycles. The van der Waals surface area contributed by atoms with Crippen molar-refractivity contribution in [3.63, 3.8) is 0 Å². The van der Waals surface area contributed by atoms with Crippen molar-refractivity contribution < 1.29 is 23.4 Å². The van der Waals surface area contributed by atoms with Gasteiger partial charge in [0.2, 0.25) is 0 Å². The van der Waals surface area contributed by atoms with Crippen LogP contribution in [0.3, 0.4) is 0 Å². The Hall–Kier alpha value is -3.18. The van der Waals surface area contributed by atoms with Crippen LogP contribution in [-0.4, -0.2) is 25.7 Å². The number of furan rings is 1. The summed E-state index contributed by atoms with van der Waals surface area (Å²) in [6.07, 6.45) is 0. The molecular weight excluding hydrogens is 464 g/mol. The molecule has 3 rings (SSSR count). The van der Waals surface area contributed by atoms with Gasteiger partial charge in [-0.3, -0.25) is 4.79 Å². The third kappa shape index (κ3) is 5.30. The van der Waals surface area contributed by atoms with Crippen molar-refractivity contribution in [3.05, 3.63) is 52.2 Å². The predicted molar refractivity (Wildman–Crippen MR) is 119 cm³/mol. The number of ether oxygens (including phenoxy) is 3. The van der Waals surface area contributed by atoms with Gasteiger partial charge in [-0.15, -0.1) is 0 Å². The number of para-hydroxylation sites is 1. The van der Waals surface area contributed by atoms with E-state index in [9.17, 15) is 4.79 Å². The number of hydrogen-bond donors (Lipinski definition) is 1. The van der Waals surface area contributed by atoms with Gasteiger partial charge in [-0.05, 0) is 54.9 Å². The van der Waals surface area contributed by atoms with E-state index in [1.165, 1.54) is 0 Å². The van der Waals surface area contributed by atoms with Gasteiger partial charge in [0.1, 0.15) is 5.76 Å². The Bertz CT molecular complexity index is 1120. The second-order valence-electron chi connectivity index (χ2n) is 6.66. The lowest BCUT2D eigenvalue weighted by Gasteiger charge is -2.15. The molecule has 162 valence electrons. The van der Waals surface area contributed by atoms with Crippen molar-refractivity contribution in [1.29, 1.82) is 5.26 Å². The maximum atomic E-state index is 12.5. The number of carbonyl (C=O) groups is 1. The number of nitrogens with one attached hydrogen (secondary N) is 1. The van der Waals surface area contributed by atoms with E-state index in [1.54, 1.807) is 12.1 Å². The highest BCUT2D eigenvalue weighted by atomic mass is 79.9. The highest BCUT2D eigenvalue weighted by Crippen LogP contribution is 2.37. The summed E-state index contributed by atoms with van der Waals surface area (Å²) in [6.45, 7) is 6.28. The fraction of sp³-hybridized carbons (Fsp3) is 0.304. The van der Waals surface area contributed by atoms with Gasteiger partial charge >= 0.3 is 0 Å². The molecule has 0 aliphatic carbocycles. The van der Waals surface area contributed by atoms with Crippen LogP contribution >= 0.6 is 15.9 Å². The van der Waals surface area contributed by atoms with E-state index in [1.807, 2.05) is 45.0 Å². The van der Waals surface area contributed by atoms with Crippen LogP contribution in [0.4, 0.5) is 0 Å². The molecule has 3 aromatic rings. The van der Waals surface area contributed by atoms with Gasteiger partial charge in [0.15, 0.2) is 29.4 Å². The maximum Gasteiger partial charge on any atom is 0.258 e. The van der Waals surface area contributed by atoms with E-state index in [0.717, 1.165) is 5.39 Å². The number of benzene rings is 2. The Morgan fingerprint density at radius 3 is 2.61 bits per heavy atom. The van der Waals surface area contributed by atoms with E-state index in [2.05, 4.69) is 27.3 Å². The molecule has 0 spiro atoms. The minimum Gasteiger partial charge on any atom is -0.490 e. The van der Waals surface area contributed by atoms with Gasteiger partial charge < -0.3 is 23.9 Å². The Labute approximate surface area is 189 Å². The summed E-state index contributed by atoms with van der Waals surface area (Å²) in [5.74, 6) is 1.73. The summed E-state index contributed by atoms with van der Waals surface area (Å²) in [7, 11) is 0. The summed E-state index contributed by atoms with van der Waals surface area (Å²) in [5, 5.41) is 12.9. The van der Waals surface area contributed by atoms with E-state index in [0.29, 0.717) is 51.8 Å². The fourth-order valence-electron chi connectivity index (χ4n) is 3.07. The summed E-state index contributed by atoms with van der Waals surface area (Å²) in [4.78, 5) is 12.5. The lowest BCUT2D eigenvalue weighted by Crippen LogP contribution is -2.31. The summed E-state index contributed by atoms with van der Waals surface area (Å²) in [5.41, 5.74) is 1.08. The first kappa shape index (κ1) is 22.5. The number of fused-ring (bicyclic) bond motifs is 1. The molecule has 0 aliphatic rings. The second kappa shape index (κ2) is 10.2. The standard InChI is InChI=1S/C23H23BrN2O5/c1-4-28-18-8-6-7-16-11-19(31-22(16)18)14(3)26-21(27)13-30-23-17(24)9-15(12-25)10-20(23)29-5-2/h6-11,14H,4-5,13H2,1-3H3,(H,26,27). The van der Waals surface area contributed by atoms with Crippen LogP contribution < -0.4 is 19.5 Å². The highest BCUT2D eigenvalue weighted by molar-refractivity contribution is 9.10. The topological polar surface area (TPSA) is 93.7 Å². The molecule has 2 aromatic carbocycles. The smallest absolute Gasteiger partial charge is 0.258 e. The van der Waals surface area contributed by atoms with Crippen molar-refractivity contribution in [3.8, 4) is 23.3 Å². The van der Waals surface area contributed by atoms with Crippen molar-refractivity contribution >= 4 is 32.8 Å². The molecule has 8 heteroatoms. The number of nitriles is 1. The molecular formula is C23H23BrN2O5. The lowest BCUT2D eigenvalue weighted by molar-refractivity contribution is -0.123.